The molecular weight excluding hydrogens is 128 g/mol. The summed E-state index contributed by atoms with van der Waals surface area (Å²) in [7, 11) is 0. The van der Waals surface area contributed by atoms with E-state index in [0.717, 1.165) is 6.42 Å². The van der Waals surface area contributed by atoms with Crippen molar-refractivity contribution in [3.63, 3.8) is 0 Å². The molecule has 1 rings (SSSR count). The van der Waals surface area contributed by atoms with Gasteiger partial charge in [0.05, 0.1) is 6.61 Å². The molecule has 10 heavy (non-hydrogen) atoms. The number of hydrogen-bond acceptors (Lipinski definition) is 2. The van der Waals surface area contributed by atoms with Gasteiger partial charge in [0.25, 0.3) is 0 Å². The van der Waals surface area contributed by atoms with Crippen molar-refractivity contribution in [1.82, 2.24) is 0 Å². The first-order chi connectivity index (χ1) is 4.58. The van der Waals surface area contributed by atoms with E-state index in [-0.39, 0.29) is 12.4 Å². The lowest BCUT2D eigenvalue weighted by Crippen LogP contribution is -2.25. The zero-order chi connectivity index (χ0) is 7.78. The van der Waals surface area contributed by atoms with Crippen LogP contribution in [0.25, 0.3) is 0 Å². The van der Waals surface area contributed by atoms with E-state index in [2.05, 4.69) is 6.92 Å². The summed E-state index contributed by atoms with van der Waals surface area (Å²) in [4.78, 5) is 11.2. The molecule has 0 aliphatic heterocycles. The molecular formula is C8H14O2. The van der Waals surface area contributed by atoms with Gasteiger partial charge in [0.15, 0.2) is 0 Å². The van der Waals surface area contributed by atoms with Gasteiger partial charge in [-0.15, -0.1) is 0 Å². The zero-order valence-electron chi connectivity index (χ0n) is 6.55. The highest BCUT2D eigenvalue weighted by molar-refractivity contribution is 5.86. The Kier molecular flexibility index (Phi) is 1.82. The molecule has 1 fully saturated rings. The molecule has 58 valence electrons. The van der Waals surface area contributed by atoms with E-state index in [0.29, 0.717) is 12.3 Å². The molecule has 0 bridgehead atoms. The Morgan fingerprint density at radius 1 is 1.80 bits per heavy atom. The molecule has 2 unspecified atom stereocenters. The molecule has 0 radical (unpaired) electrons. The second-order valence-corrected chi connectivity index (χ2v) is 3.66. The van der Waals surface area contributed by atoms with Gasteiger partial charge >= 0.3 is 0 Å². The van der Waals surface area contributed by atoms with Crippen LogP contribution in [0.4, 0.5) is 0 Å². The second-order valence-electron chi connectivity index (χ2n) is 3.66. The van der Waals surface area contributed by atoms with Gasteiger partial charge in [-0.25, -0.2) is 0 Å². The predicted molar refractivity (Wildman–Crippen MR) is 38.6 cm³/mol. The van der Waals surface area contributed by atoms with Crippen LogP contribution in [0, 0.1) is 11.3 Å². The molecule has 2 nitrogen and oxygen atoms in total. The van der Waals surface area contributed by atoms with Gasteiger partial charge in [-0.2, -0.15) is 0 Å². The van der Waals surface area contributed by atoms with E-state index in [1.807, 2.05) is 6.92 Å². The largest absolute Gasteiger partial charge is 0.395 e. The maximum atomic E-state index is 11.2. The van der Waals surface area contributed by atoms with Gasteiger partial charge in [0.2, 0.25) is 0 Å². The Hall–Kier alpha value is -0.370. The van der Waals surface area contributed by atoms with Crippen molar-refractivity contribution in [1.29, 1.82) is 0 Å². The van der Waals surface area contributed by atoms with Crippen LogP contribution in [-0.4, -0.2) is 17.5 Å². The quantitative estimate of drug-likeness (QED) is 0.592. The number of carbonyl (C=O) groups is 1. The van der Waals surface area contributed by atoms with Crippen molar-refractivity contribution in [2.24, 2.45) is 11.3 Å². The smallest absolute Gasteiger partial charge is 0.141 e. The van der Waals surface area contributed by atoms with E-state index >= 15 is 0 Å². The Bertz CT molecular complexity index is 153. The maximum Gasteiger partial charge on any atom is 0.141 e. The van der Waals surface area contributed by atoms with Crippen LogP contribution in [0.1, 0.15) is 26.7 Å². The zero-order valence-corrected chi connectivity index (χ0v) is 6.55. The molecule has 0 amide bonds. The summed E-state index contributed by atoms with van der Waals surface area (Å²) >= 11 is 0. The third-order valence-corrected chi connectivity index (χ3v) is 2.35. The van der Waals surface area contributed by atoms with E-state index in [1.165, 1.54) is 0 Å². The molecule has 0 aromatic heterocycles. The van der Waals surface area contributed by atoms with Crippen LogP contribution in [0.3, 0.4) is 0 Å². The summed E-state index contributed by atoms with van der Waals surface area (Å²) < 4.78 is 0. The van der Waals surface area contributed by atoms with E-state index in [1.54, 1.807) is 0 Å². The Labute approximate surface area is 61.2 Å². The van der Waals surface area contributed by atoms with Crippen molar-refractivity contribution in [3.05, 3.63) is 0 Å². The highest BCUT2D eigenvalue weighted by Gasteiger charge is 2.40. The Morgan fingerprint density at radius 2 is 2.40 bits per heavy atom. The topological polar surface area (TPSA) is 37.3 Å². The highest BCUT2D eigenvalue weighted by Crippen LogP contribution is 2.37. The molecule has 2 heteroatoms. The lowest BCUT2D eigenvalue weighted by atomic mass is 9.88. The van der Waals surface area contributed by atoms with Crippen LogP contribution in [0.2, 0.25) is 0 Å². The molecule has 0 aromatic rings. The minimum atomic E-state index is -0.417. The number of Topliss-reactive ketones (excluding diaryl/α,β-unsaturated/α-hetero) is 1. The van der Waals surface area contributed by atoms with E-state index in [9.17, 15) is 4.79 Å². The van der Waals surface area contributed by atoms with E-state index < -0.39 is 5.41 Å². The SMILES string of the molecule is CC1CC(=O)C(C)(CO)C1. The molecule has 1 aliphatic carbocycles. The van der Waals surface area contributed by atoms with Gasteiger partial charge in [-0.3, -0.25) is 4.79 Å². The Morgan fingerprint density at radius 3 is 2.60 bits per heavy atom. The third-order valence-electron chi connectivity index (χ3n) is 2.35. The summed E-state index contributed by atoms with van der Waals surface area (Å²) in [6.07, 6.45) is 1.50. The maximum absolute atomic E-state index is 11.2. The first kappa shape index (κ1) is 7.73. The minimum absolute atomic E-state index is 0.0101. The van der Waals surface area contributed by atoms with Crippen molar-refractivity contribution in [2.75, 3.05) is 6.61 Å². The average molecular weight is 142 g/mol. The first-order valence-corrected chi connectivity index (χ1v) is 3.72. The van der Waals surface area contributed by atoms with Crippen molar-refractivity contribution >= 4 is 5.78 Å². The van der Waals surface area contributed by atoms with Crippen LogP contribution < -0.4 is 0 Å². The summed E-state index contributed by atoms with van der Waals surface area (Å²) in [5.41, 5.74) is -0.417. The molecule has 2 atom stereocenters. The number of ketones is 1. The number of carbonyl (C=O) groups excluding carboxylic acids is 1. The van der Waals surface area contributed by atoms with Crippen LogP contribution in [-0.2, 0) is 4.79 Å². The fourth-order valence-corrected chi connectivity index (χ4v) is 1.67. The standard InChI is InChI=1S/C8H14O2/c1-6-3-7(10)8(2,4-6)5-9/h6,9H,3-5H2,1-2H3. The van der Waals surface area contributed by atoms with Crippen molar-refractivity contribution in [2.45, 2.75) is 26.7 Å². The van der Waals surface area contributed by atoms with Gasteiger partial charge < -0.3 is 5.11 Å². The number of rotatable bonds is 1. The van der Waals surface area contributed by atoms with Gasteiger partial charge in [0, 0.05) is 11.8 Å². The number of aliphatic hydroxyl groups is 1. The first-order valence-electron chi connectivity index (χ1n) is 3.72. The molecule has 0 spiro atoms. The van der Waals surface area contributed by atoms with Gasteiger partial charge in [-0.05, 0) is 12.3 Å². The van der Waals surface area contributed by atoms with Crippen molar-refractivity contribution in [3.8, 4) is 0 Å². The summed E-state index contributed by atoms with van der Waals surface area (Å²) in [5, 5.41) is 8.89. The average Bonchev–Trinajstić information content (AvgIpc) is 2.09. The summed E-state index contributed by atoms with van der Waals surface area (Å²) in [6, 6.07) is 0. The molecule has 1 saturated carbocycles. The van der Waals surface area contributed by atoms with Crippen LogP contribution in [0.5, 0.6) is 0 Å². The van der Waals surface area contributed by atoms with Gasteiger partial charge in [0.1, 0.15) is 5.78 Å². The normalized spacial score (nSPS) is 40.7. The third kappa shape index (κ3) is 1.08. The Balaban J connectivity index is 2.70. The van der Waals surface area contributed by atoms with Gasteiger partial charge in [-0.1, -0.05) is 13.8 Å². The lowest BCUT2D eigenvalue weighted by Gasteiger charge is -2.17. The molecule has 1 N–H and O–H groups in total. The van der Waals surface area contributed by atoms with Crippen molar-refractivity contribution < 1.29 is 9.90 Å². The summed E-state index contributed by atoms with van der Waals surface area (Å²) in [6.45, 7) is 3.91. The summed E-state index contributed by atoms with van der Waals surface area (Å²) in [5.74, 6) is 0.687. The molecule has 1 aliphatic rings. The predicted octanol–water partition coefficient (Wildman–Crippen LogP) is 0.984. The monoisotopic (exact) mass is 142 g/mol. The fraction of sp³-hybridized carbons (Fsp3) is 0.875. The molecule has 0 saturated heterocycles. The molecule has 0 heterocycles. The molecule has 0 aromatic carbocycles. The minimum Gasteiger partial charge on any atom is -0.395 e. The number of hydrogen-bond donors (Lipinski definition) is 1. The van der Waals surface area contributed by atoms with Crippen LogP contribution in [0.15, 0.2) is 0 Å². The number of aliphatic hydroxyl groups excluding tert-OH is 1. The van der Waals surface area contributed by atoms with E-state index in [4.69, 9.17) is 5.11 Å². The second kappa shape index (κ2) is 2.35. The lowest BCUT2D eigenvalue weighted by molar-refractivity contribution is -0.126. The fourth-order valence-electron chi connectivity index (χ4n) is 1.67. The van der Waals surface area contributed by atoms with Crippen LogP contribution >= 0.6 is 0 Å². The highest BCUT2D eigenvalue weighted by atomic mass is 16.3.